The van der Waals surface area contributed by atoms with Gasteiger partial charge in [-0.3, -0.25) is 19.6 Å². The summed E-state index contributed by atoms with van der Waals surface area (Å²) in [6.45, 7) is 2.05. The smallest absolute Gasteiger partial charge is 0.272 e. The molecule has 30 heavy (non-hydrogen) atoms. The van der Waals surface area contributed by atoms with Crippen molar-refractivity contribution in [1.29, 1.82) is 0 Å². The fourth-order valence-electron chi connectivity index (χ4n) is 4.78. The van der Waals surface area contributed by atoms with Gasteiger partial charge in [0.05, 0.1) is 6.04 Å². The Morgan fingerprint density at radius 2 is 1.87 bits per heavy atom. The molecule has 0 radical (unpaired) electrons. The summed E-state index contributed by atoms with van der Waals surface area (Å²) in [4.78, 5) is 40.2. The Bertz CT molecular complexity index is 1120. The van der Waals surface area contributed by atoms with Crippen molar-refractivity contribution in [2.24, 2.45) is 11.8 Å². The van der Waals surface area contributed by atoms with Crippen LogP contribution in [0.1, 0.15) is 22.1 Å². The number of hydrogen-bond acceptors (Lipinski definition) is 6. The minimum absolute atomic E-state index is 0.0519. The molecule has 8 nitrogen and oxygen atoms in total. The molecule has 0 saturated carbocycles. The van der Waals surface area contributed by atoms with Crippen LogP contribution in [-0.2, 0) is 0 Å². The van der Waals surface area contributed by atoms with Gasteiger partial charge in [0.15, 0.2) is 0 Å². The van der Waals surface area contributed by atoms with Gasteiger partial charge in [-0.1, -0.05) is 36.4 Å². The maximum absolute atomic E-state index is 13.3. The first kappa shape index (κ1) is 18.4. The topological polar surface area (TPSA) is 108 Å². The number of nitrogens with two attached hydrogens (primary N) is 1. The lowest BCUT2D eigenvalue weighted by molar-refractivity contribution is 0.0709. The Balaban J connectivity index is 1.47. The first-order valence-corrected chi connectivity index (χ1v) is 9.99. The summed E-state index contributed by atoms with van der Waals surface area (Å²) >= 11 is 0. The number of likely N-dealkylation sites (tertiary alicyclic amines) is 1. The Hall–Kier alpha value is -3.68. The lowest BCUT2D eigenvalue weighted by Gasteiger charge is -2.30. The van der Waals surface area contributed by atoms with Gasteiger partial charge in [-0.15, -0.1) is 0 Å². The van der Waals surface area contributed by atoms with Crippen LogP contribution in [0, 0.1) is 11.8 Å². The van der Waals surface area contributed by atoms with E-state index < -0.39 is 0 Å². The van der Waals surface area contributed by atoms with E-state index in [0.717, 1.165) is 12.1 Å². The molecule has 8 heteroatoms. The highest BCUT2D eigenvalue weighted by molar-refractivity contribution is 5.92. The largest absolute Gasteiger partial charge is 0.369 e. The molecule has 4 heterocycles. The number of H-pyrrole nitrogens is 1. The number of nitrogens with one attached hydrogen (secondary N) is 1. The van der Waals surface area contributed by atoms with Crippen LogP contribution in [0.3, 0.4) is 0 Å². The Morgan fingerprint density at radius 3 is 2.60 bits per heavy atom. The number of carbonyl (C=O) groups excluding carboxylic acids is 1. The molecule has 5 rings (SSSR count). The minimum atomic E-state index is -0.263. The van der Waals surface area contributed by atoms with Crippen molar-refractivity contribution in [3.05, 3.63) is 82.4 Å². The maximum Gasteiger partial charge on any atom is 0.272 e. The van der Waals surface area contributed by atoms with Gasteiger partial charge in [-0.25, -0.2) is 0 Å². The Morgan fingerprint density at radius 1 is 1.07 bits per heavy atom. The quantitative estimate of drug-likeness (QED) is 0.690. The number of aromatic amines is 1. The molecule has 0 bridgehead atoms. The average molecular weight is 402 g/mol. The number of fused-ring (bicyclic) bond motifs is 1. The van der Waals surface area contributed by atoms with E-state index in [1.807, 2.05) is 35.2 Å². The lowest BCUT2D eigenvalue weighted by Crippen LogP contribution is -2.36. The van der Waals surface area contributed by atoms with Crippen LogP contribution in [0.15, 0.2) is 65.6 Å². The molecular formula is C22H22N6O2. The van der Waals surface area contributed by atoms with Crippen molar-refractivity contribution in [3.63, 3.8) is 0 Å². The number of rotatable bonds is 3. The highest BCUT2D eigenvalue weighted by atomic mass is 16.2. The average Bonchev–Trinajstić information content (AvgIpc) is 3.32. The second-order valence-electron chi connectivity index (χ2n) is 7.85. The second kappa shape index (κ2) is 7.29. The van der Waals surface area contributed by atoms with Crippen molar-refractivity contribution in [2.45, 2.75) is 6.04 Å². The van der Waals surface area contributed by atoms with Gasteiger partial charge in [-0.05, 0) is 17.7 Å². The molecule has 1 aromatic carbocycles. The molecule has 2 saturated heterocycles. The summed E-state index contributed by atoms with van der Waals surface area (Å²) < 4.78 is 0. The normalized spacial score (nSPS) is 22.9. The van der Waals surface area contributed by atoms with Crippen LogP contribution in [0.2, 0.25) is 0 Å². The molecule has 3 N–H and O–H groups in total. The summed E-state index contributed by atoms with van der Waals surface area (Å²) in [5, 5.41) is 0. The summed E-state index contributed by atoms with van der Waals surface area (Å²) in [7, 11) is 0. The fraction of sp³-hybridized carbons (Fsp3) is 0.273. The van der Waals surface area contributed by atoms with Gasteiger partial charge in [0.1, 0.15) is 11.5 Å². The van der Waals surface area contributed by atoms with Crippen LogP contribution >= 0.6 is 0 Å². The maximum atomic E-state index is 13.3. The Kier molecular flexibility index (Phi) is 4.46. The van der Waals surface area contributed by atoms with Crippen LogP contribution in [-0.4, -0.2) is 45.4 Å². The van der Waals surface area contributed by atoms with Gasteiger partial charge >= 0.3 is 0 Å². The van der Waals surface area contributed by atoms with Gasteiger partial charge in [0.25, 0.3) is 11.5 Å². The molecule has 1 amide bonds. The molecule has 2 aromatic heterocycles. The zero-order chi connectivity index (χ0) is 20.7. The first-order valence-electron chi connectivity index (χ1n) is 9.99. The van der Waals surface area contributed by atoms with Crippen molar-refractivity contribution in [3.8, 4) is 0 Å². The Labute approximate surface area is 173 Å². The molecule has 0 unspecified atom stereocenters. The van der Waals surface area contributed by atoms with E-state index in [4.69, 9.17) is 5.73 Å². The number of benzene rings is 1. The van der Waals surface area contributed by atoms with E-state index in [0.29, 0.717) is 24.6 Å². The van der Waals surface area contributed by atoms with Crippen molar-refractivity contribution in [2.75, 3.05) is 30.3 Å². The molecule has 152 valence electrons. The van der Waals surface area contributed by atoms with E-state index in [2.05, 4.69) is 32.0 Å². The number of amides is 1. The molecule has 3 atom stereocenters. The van der Waals surface area contributed by atoms with Gasteiger partial charge < -0.3 is 15.5 Å². The monoisotopic (exact) mass is 402 g/mol. The van der Waals surface area contributed by atoms with Crippen molar-refractivity contribution >= 4 is 17.7 Å². The van der Waals surface area contributed by atoms with E-state index in [9.17, 15) is 9.59 Å². The summed E-state index contributed by atoms with van der Waals surface area (Å²) in [6.07, 6.45) is 1.65. The first-order chi connectivity index (χ1) is 14.6. The van der Waals surface area contributed by atoms with E-state index in [-0.39, 0.29) is 35.3 Å². The van der Waals surface area contributed by atoms with Gasteiger partial charge in [0, 0.05) is 43.7 Å². The number of nitrogens with zero attached hydrogens (tertiary/aromatic N) is 4. The number of nitrogen functional groups attached to an aromatic ring is 1. The third kappa shape index (κ3) is 3.20. The number of pyridine rings is 1. The third-order valence-corrected chi connectivity index (χ3v) is 6.02. The minimum Gasteiger partial charge on any atom is -0.369 e. The zero-order valence-corrected chi connectivity index (χ0v) is 16.3. The second-order valence-corrected chi connectivity index (χ2v) is 7.85. The standard InChI is InChI=1S/C22H22N6O2/c23-22-25-18(10-19(29)26-22)27-11-15-12-28(21(30)17-8-4-5-9-24-17)20(16(15)13-27)14-6-2-1-3-7-14/h1-10,15-16,20H,11-13H2,(H3,23,25,26,29)/t15-,16-,20+/m0/s1. The molecule has 2 aliphatic rings. The summed E-state index contributed by atoms with van der Waals surface area (Å²) in [5.41, 5.74) is 7.04. The third-order valence-electron chi connectivity index (χ3n) is 6.02. The van der Waals surface area contributed by atoms with Gasteiger partial charge in [0.2, 0.25) is 5.95 Å². The van der Waals surface area contributed by atoms with Crippen molar-refractivity contribution < 1.29 is 4.79 Å². The summed E-state index contributed by atoms with van der Waals surface area (Å²) in [5.74, 6) is 1.14. The molecule has 3 aromatic rings. The van der Waals surface area contributed by atoms with Gasteiger partial charge in [-0.2, -0.15) is 4.98 Å². The highest BCUT2D eigenvalue weighted by Gasteiger charge is 2.49. The number of carbonyl (C=O) groups is 1. The SMILES string of the molecule is Nc1nc(N2C[C@H]3CN(C(=O)c4ccccn4)[C@H](c4ccccc4)[C@H]3C2)cc(=O)[nH]1. The lowest BCUT2D eigenvalue weighted by atomic mass is 9.89. The molecule has 2 fully saturated rings. The predicted molar refractivity (Wildman–Crippen MR) is 113 cm³/mol. The van der Waals surface area contributed by atoms with E-state index >= 15 is 0 Å². The predicted octanol–water partition coefficient (Wildman–Crippen LogP) is 1.70. The van der Waals surface area contributed by atoms with Crippen molar-refractivity contribution in [1.82, 2.24) is 19.9 Å². The molecule has 2 aliphatic heterocycles. The fourth-order valence-corrected chi connectivity index (χ4v) is 4.78. The molecule has 0 spiro atoms. The van der Waals surface area contributed by atoms with E-state index in [1.54, 1.807) is 12.3 Å². The number of aromatic nitrogens is 3. The highest BCUT2D eigenvalue weighted by Crippen LogP contribution is 2.46. The number of hydrogen-bond donors (Lipinski definition) is 2. The van der Waals surface area contributed by atoms with Crippen LogP contribution in [0.4, 0.5) is 11.8 Å². The van der Waals surface area contributed by atoms with Crippen LogP contribution < -0.4 is 16.2 Å². The molecular weight excluding hydrogens is 380 g/mol. The van der Waals surface area contributed by atoms with Crippen LogP contribution in [0.25, 0.3) is 0 Å². The number of anilines is 2. The van der Waals surface area contributed by atoms with E-state index in [1.165, 1.54) is 6.07 Å². The zero-order valence-electron chi connectivity index (χ0n) is 16.3. The molecule has 0 aliphatic carbocycles. The summed E-state index contributed by atoms with van der Waals surface area (Å²) in [6, 6.07) is 16.9. The van der Waals surface area contributed by atoms with Crippen LogP contribution in [0.5, 0.6) is 0 Å².